The number of anilines is 1. The summed E-state index contributed by atoms with van der Waals surface area (Å²) < 4.78 is 5.27. The Morgan fingerprint density at radius 1 is 1.19 bits per heavy atom. The topological polar surface area (TPSA) is 100 Å². The fraction of sp³-hybridized carbons (Fsp3) is 0.211. The fourth-order valence-electron chi connectivity index (χ4n) is 2.61. The number of carboxylic acid groups (broad SMARTS) is 1. The van der Waals surface area contributed by atoms with Gasteiger partial charge >= 0.3 is 6.09 Å². The molecule has 0 aliphatic rings. The number of benzene rings is 1. The number of carbonyl (C=O) groups is 1. The van der Waals surface area contributed by atoms with E-state index in [1.807, 2.05) is 36.5 Å². The molecule has 0 saturated heterocycles. The lowest BCUT2D eigenvalue weighted by Gasteiger charge is -2.06. The molecule has 2 aromatic heterocycles. The van der Waals surface area contributed by atoms with Gasteiger partial charge in [0.15, 0.2) is 5.76 Å². The highest BCUT2D eigenvalue weighted by Crippen LogP contribution is 2.30. The van der Waals surface area contributed by atoms with Crippen LogP contribution in [0.5, 0.6) is 0 Å². The van der Waals surface area contributed by atoms with Crippen LogP contribution in [0.25, 0.3) is 11.3 Å². The molecule has 2 heterocycles. The van der Waals surface area contributed by atoms with Crippen LogP contribution in [0.2, 0.25) is 0 Å². The first kappa shape index (κ1) is 17.6. The Hall–Kier alpha value is -3.19. The molecule has 1 amide bonds. The van der Waals surface area contributed by atoms with Gasteiger partial charge in [-0.3, -0.25) is 10.3 Å². The number of hydrogen-bond donors (Lipinski definition) is 3. The molecular weight excluding hydrogens is 332 g/mol. The molecular formula is C19H20N4O3. The van der Waals surface area contributed by atoms with Crippen molar-refractivity contribution in [3.8, 4) is 11.3 Å². The number of nitrogens with zero attached hydrogens (tertiary/aromatic N) is 2. The maximum Gasteiger partial charge on any atom is 0.409 e. The molecule has 7 heteroatoms. The van der Waals surface area contributed by atoms with Crippen LogP contribution in [0, 0.1) is 6.92 Å². The molecule has 0 bridgehead atoms. The Balaban J connectivity index is 1.58. The summed E-state index contributed by atoms with van der Waals surface area (Å²) in [6.07, 6.45) is 3.42. The monoisotopic (exact) mass is 352 g/mol. The molecule has 0 unspecified atom stereocenters. The van der Waals surface area contributed by atoms with Crippen molar-refractivity contribution < 1.29 is 14.4 Å². The molecule has 7 nitrogen and oxygen atoms in total. The molecule has 3 rings (SSSR count). The van der Waals surface area contributed by atoms with E-state index < -0.39 is 6.09 Å². The lowest BCUT2D eigenvalue weighted by atomic mass is 10.1. The van der Waals surface area contributed by atoms with Crippen molar-refractivity contribution in [1.29, 1.82) is 0 Å². The predicted octanol–water partition coefficient (Wildman–Crippen LogP) is 3.47. The van der Waals surface area contributed by atoms with Crippen LogP contribution < -0.4 is 10.6 Å². The Morgan fingerprint density at radius 3 is 2.69 bits per heavy atom. The zero-order valence-electron chi connectivity index (χ0n) is 14.4. The largest absolute Gasteiger partial charge is 0.465 e. The second-order valence-corrected chi connectivity index (χ2v) is 5.89. The first-order valence-electron chi connectivity index (χ1n) is 8.28. The molecule has 3 N–H and O–H groups in total. The van der Waals surface area contributed by atoms with Crippen molar-refractivity contribution >= 4 is 11.8 Å². The van der Waals surface area contributed by atoms with Gasteiger partial charge in [-0.2, -0.15) is 0 Å². The quantitative estimate of drug-likeness (QED) is 0.563. The molecule has 0 atom stereocenters. The standard InChI is InChI=1S/C19H20N4O3/c1-13-17(22-19(24)25)18(26-23-13)16-6-4-15(5-7-16)12-21-10-8-14-3-2-9-20-11-14/h2-7,9,11,21-22H,8,10,12H2,1H3,(H,24,25). The van der Waals surface area contributed by atoms with Gasteiger partial charge in [-0.15, -0.1) is 0 Å². The maximum absolute atomic E-state index is 10.9. The van der Waals surface area contributed by atoms with E-state index in [0.29, 0.717) is 17.1 Å². The Bertz CT molecular complexity index is 860. The van der Waals surface area contributed by atoms with Crippen LogP contribution in [-0.4, -0.2) is 27.9 Å². The zero-order chi connectivity index (χ0) is 18.4. The van der Waals surface area contributed by atoms with E-state index in [2.05, 4.69) is 26.8 Å². The minimum atomic E-state index is -1.15. The number of aryl methyl sites for hydroxylation is 1. The van der Waals surface area contributed by atoms with Crippen molar-refractivity contribution in [2.45, 2.75) is 19.9 Å². The van der Waals surface area contributed by atoms with E-state index in [0.717, 1.165) is 30.6 Å². The Kier molecular flexibility index (Phi) is 5.60. The van der Waals surface area contributed by atoms with Crippen LogP contribution in [0.15, 0.2) is 53.3 Å². The number of amides is 1. The van der Waals surface area contributed by atoms with Gasteiger partial charge in [0.05, 0.1) is 0 Å². The van der Waals surface area contributed by atoms with Gasteiger partial charge in [-0.25, -0.2) is 4.79 Å². The number of rotatable bonds is 7. The number of aromatic nitrogens is 2. The smallest absolute Gasteiger partial charge is 0.409 e. The maximum atomic E-state index is 10.9. The summed E-state index contributed by atoms with van der Waals surface area (Å²) in [6, 6.07) is 11.7. The van der Waals surface area contributed by atoms with E-state index in [9.17, 15) is 4.79 Å². The molecule has 26 heavy (non-hydrogen) atoms. The summed E-state index contributed by atoms with van der Waals surface area (Å²) >= 11 is 0. The highest BCUT2D eigenvalue weighted by molar-refractivity contribution is 5.89. The zero-order valence-corrected chi connectivity index (χ0v) is 14.4. The Morgan fingerprint density at radius 2 is 2.00 bits per heavy atom. The van der Waals surface area contributed by atoms with E-state index in [4.69, 9.17) is 9.63 Å². The average Bonchev–Trinajstić information content (AvgIpc) is 3.00. The normalized spacial score (nSPS) is 10.7. The third kappa shape index (κ3) is 4.46. The van der Waals surface area contributed by atoms with Crippen molar-refractivity contribution in [2.75, 3.05) is 11.9 Å². The van der Waals surface area contributed by atoms with Crippen molar-refractivity contribution in [2.24, 2.45) is 0 Å². The van der Waals surface area contributed by atoms with Crippen molar-refractivity contribution in [3.63, 3.8) is 0 Å². The lowest BCUT2D eigenvalue weighted by Crippen LogP contribution is -2.16. The summed E-state index contributed by atoms with van der Waals surface area (Å²) in [5, 5.41) is 18.5. The van der Waals surface area contributed by atoms with Crippen LogP contribution in [0.3, 0.4) is 0 Å². The summed E-state index contributed by atoms with van der Waals surface area (Å²) in [5.41, 5.74) is 3.98. The van der Waals surface area contributed by atoms with Crippen LogP contribution in [0.1, 0.15) is 16.8 Å². The van der Waals surface area contributed by atoms with Crippen LogP contribution >= 0.6 is 0 Å². The molecule has 0 fully saturated rings. The minimum absolute atomic E-state index is 0.375. The van der Waals surface area contributed by atoms with Crippen molar-refractivity contribution in [3.05, 3.63) is 65.6 Å². The second kappa shape index (κ2) is 8.26. The molecule has 1 aromatic carbocycles. The molecule has 0 aliphatic heterocycles. The SMILES string of the molecule is Cc1noc(-c2ccc(CNCCc3cccnc3)cc2)c1NC(=O)O. The second-order valence-electron chi connectivity index (χ2n) is 5.89. The molecule has 134 valence electrons. The van der Waals surface area contributed by atoms with Gasteiger partial charge < -0.3 is 14.9 Å². The summed E-state index contributed by atoms with van der Waals surface area (Å²) in [7, 11) is 0. The van der Waals surface area contributed by atoms with Gasteiger partial charge in [0.2, 0.25) is 0 Å². The molecule has 0 aliphatic carbocycles. The molecule has 0 radical (unpaired) electrons. The summed E-state index contributed by atoms with van der Waals surface area (Å²) in [6.45, 7) is 3.30. The van der Waals surface area contributed by atoms with E-state index >= 15 is 0 Å². The lowest BCUT2D eigenvalue weighted by molar-refractivity contribution is 0.209. The summed E-state index contributed by atoms with van der Waals surface area (Å²) in [5.74, 6) is 0.418. The van der Waals surface area contributed by atoms with Crippen LogP contribution in [-0.2, 0) is 13.0 Å². The van der Waals surface area contributed by atoms with Gasteiger partial charge in [0.1, 0.15) is 11.4 Å². The van der Waals surface area contributed by atoms with E-state index in [-0.39, 0.29) is 0 Å². The molecule has 0 saturated carbocycles. The Labute approximate surface area is 151 Å². The molecule has 0 spiro atoms. The first-order valence-corrected chi connectivity index (χ1v) is 8.28. The van der Waals surface area contributed by atoms with Crippen LogP contribution in [0.4, 0.5) is 10.5 Å². The third-order valence-electron chi connectivity index (χ3n) is 3.95. The highest BCUT2D eigenvalue weighted by Gasteiger charge is 2.16. The van der Waals surface area contributed by atoms with Gasteiger partial charge in [0.25, 0.3) is 0 Å². The number of hydrogen-bond acceptors (Lipinski definition) is 5. The molecule has 3 aromatic rings. The summed E-state index contributed by atoms with van der Waals surface area (Å²) in [4.78, 5) is 15.0. The van der Waals surface area contributed by atoms with E-state index in [1.54, 1.807) is 13.1 Å². The van der Waals surface area contributed by atoms with Crippen molar-refractivity contribution in [1.82, 2.24) is 15.5 Å². The predicted molar refractivity (Wildman–Crippen MR) is 98.0 cm³/mol. The van der Waals surface area contributed by atoms with Gasteiger partial charge in [0, 0.05) is 24.5 Å². The van der Waals surface area contributed by atoms with E-state index in [1.165, 1.54) is 5.56 Å². The highest BCUT2D eigenvalue weighted by atomic mass is 16.5. The minimum Gasteiger partial charge on any atom is -0.465 e. The van der Waals surface area contributed by atoms with Gasteiger partial charge in [-0.1, -0.05) is 35.5 Å². The number of pyridine rings is 1. The first-order chi connectivity index (χ1) is 12.6. The number of nitrogens with one attached hydrogen (secondary N) is 2. The third-order valence-corrected chi connectivity index (χ3v) is 3.95. The fourth-order valence-corrected chi connectivity index (χ4v) is 2.61. The van der Waals surface area contributed by atoms with Gasteiger partial charge in [-0.05, 0) is 37.1 Å². The average molecular weight is 352 g/mol.